The molecule has 0 bridgehead atoms. The number of phenolic OH excluding ortho intramolecular Hbond substituents is 1. The minimum Gasteiger partial charge on any atom is -0.507 e. The molecule has 10 heteroatoms. The Balaban J connectivity index is 1.66. The van der Waals surface area contributed by atoms with E-state index in [1.54, 1.807) is 13.8 Å². The summed E-state index contributed by atoms with van der Waals surface area (Å²) in [5.41, 5.74) is -0.651. The Morgan fingerprint density at radius 1 is 1.37 bits per heavy atom. The van der Waals surface area contributed by atoms with E-state index < -0.39 is 45.9 Å². The molecule has 0 saturated carbocycles. The maximum atomic E-state index is 12.2. The van der Waals surface area contributed by atoms with Crippen molar-refractivity contribution in [2.24, 2.45) is 0 Å². The summed E-state index contributed by atoms with van der Waals surface area (Å²) in [4.78, 5) is 24.1. The van der Waals surface area contributed by atoms with Gasteiger partial charge in [0.05, 0.1) is 30.1 Å². The van der Waals surface area contributed by atoms with Gasteiger partial charge in [-0.25, -0.2) is 8.42 Å². The third kappa shape index (κ3) is 4.33. The molecular weight excluding hydrogens is 378 g/mol. The second-order valence-electron chi connectivity index (χ2n) is 7.38. The van der Waals surface area contributed by atoms with Gasteiger partial charge in [0.2, 0.25) is 0 Å². The van der Waals surface area contributed by atoms with Crippen LogP contribution in [0, 0.1) is 0 Å². The van der Waals surface area contributed by atoms with Gasteiger partial charge in [-0.1, -0.05) is 0 Å². The molecule has 0 aliphatic carbocycles. The number of ketones is 1. The molecule has 1 amide bonds. The lowest BCUT2D eigenvalue weighted by atomic mass is 9.92. The number of ether oxygens (including phenoxy) is 2. The first-order valence-corrected chi connectivity index (χ1v) is 10.2. The molecule has 0 spiro atoms. The van der Waals surface area contributed by atoms with Gasteiger partial charge in [0.25, 0.3) is 5.91 Å². The molecule has 1 aromatic carbocycles. The first kappa shape index (κ1) is 19.4. The van der Waals surface area contributed by atoms with E-state index in [9.17, 15) is 28.2 Å². The fourth-order valence-electron chi connectivity index (χ4n) is 3.19. The molecule has 27 heavy (non-hydrogen) atoms. The summed E-state index contributed by atoms with van der Waals surface area (Å²) in [7, 11) is -3.38. The van der Waals surface area contributed by atoms with E-state index in [0.29, 0.717) is 0 Å². The number of phenols is 1. The SMILES string of the molecule is CC1(C)CC(=O)c2c(O)cc(OCC(=O)N[C@@H]3CS(=O)(=O)C[C@H]3O)cc2O1. The number of fused-ring (bicyclic) bond motifs is 1. The van der Waals surface area contributed by atoms with Crippen LogP contribution in [0.15, 0.2) is 12.1 Å². The fourth-order valence-corrected chi connectivity index (χ4v) is 4.93. The number of hydrogen-bond acceptors (Lipinski definition) is 8. The zero-order chi connectivity index (χ0) is 20.0. The zero-order valence-electron chi connectivity index (χ0n) is 14.9. The van der Waals surface area contributed by atoms with Crippen LogP contribution in [0.25, 0.3) is 0 Å². The van der Waals surface area contributed by atoms with Gasteiger partial charge in [0.15, 0.2) is 22.2 Å². The largest absolute Gasteiger partial charge is 0.507 e. The summed E-state index contributed by atoms with van der Waals surface area (Å²) in [6, 6.07) is 1.74. The van der Waals surface area contributed by atoms with Gasteiger partial charge >= 0.3 is 0 Å². The van der Waals surface area contributed by atoms with Gasteiger partial charge in [-0.2, -0.15) is 0 Å². The second-order valence-corrected chi connectivity index (χ2v) is 9.54. The molecule has 0 unspecified atom stereocenters. The molecule has 1 saturated heterocycles. The van der Waals surface area contributed by atoms with Crippen molar-refractivity contribution >= 4 is 21.5 Å². The summed E-state index contributed by atoms with van der Waals surface area (Å²) in [6.45, 7) is 3.03. The highest BCUT2D eigenvalue weighted by Gasteiger charge is 2.37. The Bertz CT molecular complexity index is 892. The van der Waals surface area contributed by atoms with Gasteiger partial charge in [-0.3, -0.25) is 9.59 Å². The van der Waals surface area contributed by atoms with Crippen molar-refractivity contribution in [1.82, 2.24) is 5.32 Å². The number of nitrogens with one attached hydrogen (secondary N) is 1. The molecule has 0 aromatic heterocycles. The molecule has 1 fully saturated rings. The highest BCUT2D eigenvalue weighted by atomic mass is 32.2. The molecule has 2 atom stereocenters. The minimum absolute atomic E-state index is 0.0745. The van der Waals surface area contributed by atoms with Crippen molar-refractivity contribution in [3.8, 4) is 17.2 Å². The standard InChI is InChI=1S/C17H21NO8S/c1-17(2)5-12(20)16-11(19)3-9(4-14(16)26-17)25-6-15(22)18-10-7-27(23,24)8-13(10)21/h3-4,10,13,19,21H,5-8H2,1-2H3,(H,18,22)/t10-,13-/m1/s1. The van der Waals surface area contributed by atoms with Crippen LogP contribution < -0.4 is 14.8 Å². The average molecular weight is 399 g/mol. The summed E-state index contributed by atoms with van der Waals surface area (Å²) < 4.78 is 33.9. The number of hydrogen-bond donors (Lipinski definition) is 3. The lowest BCUT2D eigenvalue weighted by Crippen LogP contribution is -2.44. The summed E-state index contributed by atoms with van der Waals surface area (Å²) in [5, 5.41) is 22.2. The smallest absolute Gasteiger partial charge is 0.258 e. The molecule has 148 valence electrons. The third-order valence-electron chi connectivity index (χ3n) is 4.35. The molecule has 3 N–H and O–H groups in total. The lowest BCUT2D eigenvalue weighted by molar-refractivity contribution is -0.124. The van der Waals surface area contributed by atoms with E-state index in [1.807, 2.05) is 0 Å². The number of carbonyl (C=O) groups is 2. The van der Waals surface area contributed by atoms with E-state index in [-0.39, 0.29) is 40.8 Å². The van der Waals surface area contributed by atoms with E-state index in [1.165, 1.54) is 12.1 Å². The van der Waals surface area contributed by atoms with E-state index in [4.69, 9.17) is 9.47 Å². The van der Waals surface area contributed by atoms with E-state index >= 15 is 0 Å². The van der Waals surface area contributed by atoms with Crippen molar-refractivity contribution < 1.29 is 37.7 Å². The Morgan fingerprint density at radius 2 is 2.07 bits per heavy atom. The Labute approximate surface area is 156 Å². The van der Waals surface area contributed by atoms with Crippen LogP contribution in [0.3, 0.4) is 0 Å². The van der Waals surface area contributed by atoms with Crippen LogP contribution in [0.2, 0.25) is 0 Å². The van der Waals surface area contributed by atoms with Gasteiger partial charge < -0.3 is 25.0 Å². The minimum atomic E-state index is -3.38. The number of amides is 1. The van der Waals surface area contributed by atoms with Crippen LogP contribution in [-0.4, -0.2) is 66.2 Å². The summed E-state index contributed by atoms with van der Waals surface area (Å²) >= 11 is 0. The number of Topliss-reactive ketones (excluding diaryl/α,β-unsaturated/α-hetero) is 1. The molecule has 9 nitrogen and oxygen atoms in total. The van der Waals surface area contributed by atoms with Gasteiger partial charge in [-0.15, -0.1) is 0 Å². The maximum Gasteiger partial charge on any atom is 0.258 e. The average Bonchev–Trinajstić information content (AvgIpc) is 2.75. The fraction of sp³-hybridized carbons (Fsp3) is 0.529. The van der Waals surface area contributed by atoms with Crippen molar-refractivity contribution in [2.45, 2.75) is 38.0 Å². The molecule has 2 aliphatic rings. The monoisotopic (exact) mass is 399 g/mol. The number of aliphatic hydroxyl groups is 1. The summed E-state index contributed by atoms with van der Waals surface area (Å²) in [5.74, 6) is -1.61. The van der Waals surface area contributed by atoms with Crippen LogP contribution in [0.4, 0.5) is 0 Å². The first-order valence-electron chi connectivity index (χ1n) is 8.36. The molecule has 1 aromatic rings. The van der Waals surface area contributed by atoms with Crippen LogP contribution in [0.1, 0.15) is 30.6 Å². The Hall–Kier alpha value is -2.33. The van der Waals surface area contributed by atoms with Crippen LogP contribution >= 0.6 is 0 Å². The number of sulfone groups is 1. The Morgan fingerprint density at radius 3 is 2.70 bits per heavy atom. The number of carbonyl (C=O) groups excluding carboxylic acids is 2. The summed E-state index contributed by atoms with van der Waals surface area (Å²) in [6.07, 6.45) is -1.03. The molecule has 3 rings (SSSR count). The number of aliphatic hydroxyl groups excluding tert-OH is 1. The van der Waals surface area contributed by atoms with Crippen molar-refractivity contribution in [2.75, 3.05) is 18.1 Å². The number of benzene rings is 1. The van der Waals surface area contributed by atoms with Crippen molar-refractivity contribution in [3.63, 3.8) is 0 Å². The zero-order valence-corrected chi connectivity index (χ0v) is 15.7. The van der Waals surface area contributed by atoms with E-state index in [2.05, 4.69) is 5.32 Å². The quantitative estimate of drug-likeness (QED) is 0.632. The predicted octanol–water partition coefficient (Wildman–Crippen LogP) is -0.211. The van der Waals surface area contributed by atoms with Crippen molar-refractivity contribution in [3.05, 3.63) is 17.7 Å². The number of aromatic hydroxyl groups is 1. The number of rotatable bonds is 4. The Kier molecular flexibility index (Phi) is 4.81. The van der Waals surface area contributed by atoms with Gasteiger partial charge in [0.1, 0.15) is 28.4 Å². The molecule has 2 aliphatic heterocycles. The normalized spacial score (nSPS) is 25.4. The lowest BCUT2D eigenvalue weighted by Gasteiger charge is -2.32. The van der Waals surface area contributed by atoms with Gasteiger partial charge in [-0.05, 0) is 13.8 Å². The van der Waals surface area contributed by atoms with Crippen molar-refractivity contribution in [1.29, 1.82) is 0 Å². The molecule has 0 radical (unpaired) electrons. The second kappa shape index (κ2) is 6.68. The highest BCUT2D eigenvalue weighted by molar-refractivity contribution is 7.91. The highest BCUT2D eigenvalue weighted by Crippen LogP contribution is 2.40. The molecular formula is C17H21NO8S. The first-order chi connectivity index (χ1) is 12.5. The molecule has 2 heterocycles. The van der Waals surface area contributed by atoms with Gasteiger partial charge in [0, 0.05) is 12.1 Å². The van der Waals surface area contributed by atoms with Crippen LogP contribution in [0.5, 0.6) is 17.2 Å². The third-order valence-corrected chi connectivity index (χ3v) is 6.06. The maximum absolute atomic E-state index is 12.2. The van der Waals surface area contributed by atoms with E-state index in [0.717, 1.165) is 0 Å². The predicted molar refractivity (Wildman–Crippen MR) is 93.8 cm³/mol. The van der Waals surface area contributed by atoms with Crippen LogP contribution in [-0.2, 0) is 14.6 Å². The topological polar surface area (TPSA) is 139 Å².